The second kappa shape index (κ2) is 5.46. The third-order valence-electron chi connectivity index (χ3n) is 4.07. The molecular formula is C18H19N3O. The van der Waals surface area contributed by atoms with Crippen LogP contribution in [0, 0.1) is 0 Å². The smallest absolute Gasteiger partial charge is 0.0810 e. The molecule has 0 bridgehead atoms. The summed E-state index contributed by atoms with van der Waals surface area (Å²) in [5.41, 5.74) is 9.64. The van der Waals surface area contributed by atoms with Gasteiger partial charge in [0.15, 0.2) is 0 Å². The van der Waals surface area contributed by atoms with Gasteiger partial charge in [0.2, 0.25) is 0 Å². The number of rotatable bonds is 5. The van der Waals surface area contributed by atoms with Crippen molar-refractivity contribution < 1.29 is 4.74 Å². The molecular weight excluding hydrogens is 274 g/mol. The van der Waals surface area contributed by atoms with E-state index >= 15 is 0 Å². The molecule has 0 aliphatic carbocycles. The van der Waals surface area contributed by atoms with E-state index in [4.69, 9.17) is 15.5 Å². The minimum atomic E-state index is 0.511. The molecule has 4 nitrogen and oxygen atoms in total. The first-order valence-corrected chi connectivity index (χ1v) is 7.73. The Hall–Kier alpha value is -2.33. The van der Waals surface area contributed by atoms with Gasteiger partial charge in [0, 0.05) is 28.7 Å². The van der Waals surface area contributed by atoms with Gasteiger partial charge in [-0.25, -0.2) is 4.98 Å². The summed E-state index contributed by atoms with van der Waals surface area (Å²) in [4.78, 5) is 4.73. The van der Waals surface area contributed by atoms with Crippen molar-refractivity contribution in [3.63, 3.8) is 0 Å². The van der Waals surface area contributed by atoms with Gasteiger partial charge in [-0.15, -0.1) is 0 Å². The Kier molecular flexibility index (Phi) is 3.31. The zero-order chi connectivity index (χ0) is 14.9. The summed E-state index contributed by atoms with van der Waals surface area (Å²) in [7, 11) is 0. The number of nitrogens with two attached hydrogens (primary N) is 1. The van der Waals surface area contributed by atoms with Crippen LogP contribution in [-0.2, 0) is 4.74 Å². The van der Waals surface area contributed by atoms with Crippen molar-refractivity contribution in [3.8, 4) is 0 Å². The molecule has 1 unspecified atom stereocenters. The predicted molar refractivity (Wildman–Crippen MR) is 91.1 cm³/mol. The molecule has 1 atom stereocenters. The van der Waals surface area contributed by atoms with E-state index < -0.39 is 0 Å². The van der Waals surface area contributed by atoms with Gasteiger partial charge in [-0.2, -0.15) is 0 Å². The molecule has 22 heavy (non-hydrogen) atoms. The summed E-state index contributed by atoms with van der Waals surface area (Å²) in [5.74, 6) is 0. The average molecular weight is 293 g/mol. The highest BCUT2D eigenvalue weighted by molar-refractivity contribution is 5.94. The molecule has 112 valence electrons. The standard InChI is InChI=1S/C18H19N3O/c19-14-5-3-12-8-13-4-6-15(10-18(13)21-17(12)9-14)20-7-1-2-16-11-22-16/h3-6,8-10,16,20H,1-2,7,11,19H2. The normalized spacial score (nSPS) is 17.0. The largest absolute Gasteiger partial charge is 0.399 e. The molecule has 0 amide bonds. The first-order chi connectivity index (χ1) is 10.8. The van der Waals surface area contributed by atoms with Gasteiger partial charge < -0.3 is 15.8 Å². The molecule has 2 aromatic carbocycles. The number of epoxide rings is 1. The third kappa shape index (κ3) is 2.83. The summed E-state index contributed by atoms with van der Waals surface area (Å²) < 4.78 is 5.22. The summed E-state index contributed by atoms with van der Waals surface area (Å²) in [6, 6.07) is 14.3. The zero-order valence-electron chi connectivity index (χ0n) is 12.4. The molecule has 4 heteroatoms. The number of nitrogens with zero attached hydrogens (tertiary/aromatic N) is 1. The summed E-state index contributed by atoms with van der Waals surface area (Å²) in [5, 5.41) is 5.72. The van der Waals surface area contributed by atoms with Crippen LogP contribution in [0.25, 0.3) is 21.8 Å². The fourth-order valence-electron chi connectivity index (χ4n) is 2.75. The maximum atomic E-state index is 5.85. The Morgan fingerprint density at radius 1 is 1.09 bits per heavy atom. The number of hydrogen-bond acceptors (Lipinski definition) is 4. The van der Waals surface area contributed by atoms with Crippen molar-refractivity contribution in [2.75, 3.05) is 24.2 Å². The number of ether oxygens (including phenoxy) is 1. The van der Waals surface area contributed by atoms with Crippen molar-refractivity contribution in [1.29, 1.82) is 0 Å². The van der Waals surface area contributed by atoms with Gasteiger partial charge in [-0.05, 0) is 43.2 Å². The van der Waals surface area contributed by atoms with E-state index in [2.05, 4.69) is 29.6 Å². The van der Waals surface area contributed by atoms with Crippen LogP contribution in [0.2, 0.25) is 0 Å². The quantitative estimate of drug-likeness (QED) is 0.327. The first-order valence-electron chi connectivity index (χ1n) is 7.73. The van der Waals surface area contributed by atoms with E-state index in [0.29, 0.717) is 6.10 Å². The van der Waals surface area contributed by atoms with Gasteiger partial charge in [0.25, 0.3) is 0 Å². The number of hydrogen-bond donors (Lipinski definition) is 2. The van der Waals surface area contributed by atoms with E-state index in [9.17, 15) is 0 Å². The van der Waals surface area contributed by atoms with Crippen LogP contribution in [0.3, 0.4) is 0 Å². The van der Waals surface area contributed by atoms with Crippen molar-refractivity contribution in [2.45, 2.75) is 18.9 Å². The van der Waals surface area contributed by atoms with E-state index in [0.717, 1.165) is 59.2 Å². The Balaban J connectivity index is 1.56. The van der Waals surface area contributed by atoms with Crippen molar-refractivity contribution in [1.82, 2.24) is 4.98 Å². The van der Waals surface area contributed by atoms with Crippen molar-refractivity contribution in [3.05, 3.63) is 42.5 Å². The van der Waals surface area contributed by atoms with Gasteiger partial charge in [-0.1, -0.05) is 12.1 Å². The SMILES string of the molecule is Nc1ccc2cc3ccc(NCCCC4CO4)cc3nc2c1. The highest BCUT2D eigenvalue weighted by atomic mass is 16.6. The Morgan fingerprint density at radius 2 is 1.86 bits per heavy atom. The Labute approximate surface area is 129 Å². The second-order valence-corrected chi connectivity index (χ2v) is 5.87. The lowest BCUT2D eigenvalue weighted by molar-refractivity contribution is 0.394. The molecule has 0 saturated carbocycles. The molecule has 1 fully saturated rings. The van der Waals surface area contributed by atoms with Crippen LogP contribution in [-0.4, -0.2) is 24.2 Å². The van der Waals surface area contributed by atoms with Crippen LogP contribution in [0.15, 0.2) is 42.5 Å². The van der Waals surface area contributed by atoms with Crippen LogP contribution < -0.4 is 11.1 Å². The minimum Gasteiger partial charge on any atom is -0.399 e. The minimum absolute atomic E-state index is 0.511. The maximum absolute atomic E-state index is 5.85. The van der Waals surface area contributed by atoms with E-state index in [-0.39, 0.29) is 0 Å². The molecule has 1 aromatic heterocycles. The molecule has 1 aliphatic heterocycles. The highest BCUT2D eigenvalue weighted by Crippen LogP contribution is 2.24. The number of nitrogen functional groups attached to an aromatic ring is 1. The fraction of sp³-hybridized carbons (Fsp3) is 0.278. The molecule has 3 aromatic rings. The summed E-state index contributed by atoms with van der Waals surface area (Å²) in [6.07, 6.45) is 2.78. The third-order valence-corrected chi connectivity index (χ3v) is 4.07. The summed E-state index contributed by atoms with van der Waals surface area (Å²) >= 11 is 0. The fourth-order valence-corrected chi connectivity index (χ4v) is 2.75. The Morgan fingerprint density at radius 3 is 2.68 bits per heavy atom. The number of fused-ring (bicyclic) bond motifs is 2. The van der Waals surface area contributed by atoms with Crippen molar-refractivity contribution >= 4 is 33.2 Å². The monoisotopic (exact) mass is 293 g/mol. The molecule has 3 N–H and O–H groups in total. The molecule has 0 radical (unpaired) electrons. The number of nitrogens with one attached hydrogen (secondary N) is 1. The van der Waals surface area contributed by atoms with E-state index in [1.807, 2.05) is 18.2 Å². The molecule has 1 saturated heterocycles. The molecule has 4 rings (SSSR count). The van der Waals surface area contributed by atoms with Crippen LogP contribution in [0.1, 0.15) is 12.8 Å². The topological polar surface area (TPSA) is 63.5 Å². The lowest BCUT2D eigenvalue weighted by Gasteiger charge is -2.08. The zero-order valence-corrected chi connectivity index (χ0v) is 12.4. The van der Waals surface area contributed by atoms with Crippen LogP contribution >= 0.6 is 0 Å². The predicted octanol–water partition coefficient (Wildman–Crippen LogP) is 3.56. The van der Waals surface area contributed by atoms with Gasteiger partial charge >= 0.3 is 0 Å². The Bertz CT molecular complexity index is 827. The van der Waals surface area contributed by atoms with Gasteiger partial charge in [0.1, 0.15) is 0 Å². The highest BCUT2D eigenvalue weighted by Gasteiger charge is 2.20. The van der Waals surface area contributed by atoms with E-state index in [1.54, 1.807) is 0 Å². The first kappa shape index (κ1) is 13.3. The van der Waals surface area contributed by atoms with Crippen LogP contribution in [0.4, 0.5) is 11.4 Å². The maximum Gasteiger partial charge on any atom is 0.0810 e. The molecule has 2 heterocycles. The molecule has 0 spiro atoms. The summed E-state index contributed by atoms with van der Waals surface area (Å²) in [6.45, 7) is 1.90. The number of benzene rings is 2. The molecule has 1 aliphatic rings. The number of aromatic nitrogens is 1. The number of anilines is 2. The van der Waals surface area contributed by atoms with Gasteiger partial charge in [-0.3, -0.25) is 0 Å². The van der Waals surface area contributed by atoms with Gasteiger partial charge in [0.05, 0.1) is 23.7 Å². The van der Waals surface area contributed by atoms with E-state index in [1.165, 1.54) is 0 Å². The lowest BCUT2D eigenvalue weighted by atomic mass is 10.1. The van der Waals surface area contributed by atoms with Crippen LogP contribution in [0.5, 0.6) is 0 Å². The van der Waals surface area contributed by atoms with Crippen molar-refractivity contribution in [2.24, 2.45) is 0 Å². The lowest BCUT2D eigenvalue weighted by Crippen LogP contribution is -2.02. The second-order valence-electron chi connectivity index (χ2n) is 5.87. The average Bonchev–Trinajstić information content (AvgIpc) is 3.34. The number of pyridine rings is 1.